The van der Waals surface area contributed by atoms with E-state index in [2.05, 4.69) is 17.2 Å². The summed E-state index contributed by atoms with van der Waals surface area (Å²) in [6, 6.07) is 7.95. The first kappa shape index (κ1) is 15.4. The molecule has 0 aliphatic rings. The van der Waals surface area contributed by atoms with Crippen molar-refractivity contribution < 1.29 is 0 Å². The summed E-state index contributed by atoms with van der Waals surface area (Å²) in [5.41, 5.74) is 1.88. The quantitative estimate of drug-likeness (QED) is 0.686. The molecule has 2 aromatic rings. The molecule has 1 heterocycles. The van der Waals surface area contributed by atoms with Gasteiger partial charge in [-0.25, -0.2) is 4.79 Å². The second kappa shape index (κ2) is 8.35. The van der Waals surface area contributed by atoms with Crippen LogP contribution in [-0.2, 0) is 0 Å². The number of aromatic amines is 1. The van der Waals surface area contributed by atoms with Gasteiger partial charge in [-0.15, -0.1) is 0 Å². The number of hydrogen-bond donors (Lipinski definition) is 2. The lowest BCUT2D eigenvalue weighted by molar-refractivity contribution is 0.617. The van der Waals surface area contributed by atoms with Crippen molar-refractivity contribution in [1.82, 2.24) is 9.55 Å². The summed E-state index contributed by atoms with van der Waals surface area (Å²) in [6.07, 6.45) is 11.2. The Labute approximate surface area is 126 Å². The smallest absolute Gasteiger partial charge is 0.330 e. The Hall–Kier alpha value is -1.97. The number of nitrogens with one attached hydrogen (secondary N) is 2. The number of anilines is 1. The molecule has 0 radical (unpaired) electrons. The van der Waals surface area contributed by atoms with Crippen molar-refractivity contribution in [2.45, 2.75) is 45.4 Å². The van der Waals surface area contributed by atoms with Crippen LogP contribution >= 0.6 is 0 Å². The number of aromatic nitrogens is 2. The van der Waals surface area contributed by atoms with Crippen LogP contribution in [0.2, 0.25) is 0 Å². The molecule has 0 aliphatic heterocycles. The van der Waals surface area contributed by atoms with Crippen LogP contribution in [0.15, 0.2) is 41.5 Å². The number of unbranched alkanes of at least 4 members (excludes halogenated alkanes) is 5. The van der Waals surface area contributed by atoms with Crippen molar-refractivity contribution in [2.75, 3.05) is 11.9 Å². The average molecular weight is 287 g/mol. The second-order valence-electron chi connectivity index (χ2n) is 5.38. The van der Waals surface area contributed by atoms with Crippen LogP contribution in [0, 0.1) is 0 Å². The van der Waals surface area contributed by atoms with E-state index in [9.17, 15) is 4.79 Å². The fourth-order valence-corrected chi connectivity index (χ4v) is 2.40. The van der Waals surface area contributed by atoms with Gasteiger partial charge in [0.25, 0.3) is 0 Å². The van der Waals surface area contributed by atoms with Gasteiger partial charge in [-0.05, 0) is 30.7 Å². The molecular weight excluding hydrogens is 262 g/mol. The van der Waals surface area contributed by atoms with Crippen molar-refractivity contribution in [3.63, 3.8) is 0 Å². The monoisotopic (exact) mass is 287 g/mol. The highest BCUT2D eigenvalue weighted by Crippen LogP contribution is 2.12. The SMILES string of the molecule is CCCCCCCCNc1ccc(-n2cc[nH]c2=O)cc1. The molecule has 0 spiro atoms. The lowest BCUT2D eigenvalue weighted by Crippen LogP contribution is -2.13. The van der Waals surface area contributed by atoms with Gasteiger partial charge in [0.15, 0.2) is 0 Å². The summed E-state index contributed by atoms with van der Waals surface area (Å²) in [5, 5.41) is 3.43. The molecule has 4 nitrogen and oxygen atoms in total. The van der Waals surface area contributed by atoms with Crippen molar-refractivity contribution in [3.8, 4) is 5.69 Å². The lowest BCUT2D eigenvalue weighted by atomic mass is 10.1. The zero-order valence-corrected chi connectivity index (χ0v) is 12.8. The molecule has 0 saturated carbocycles. The molecule has 0 atom stereocenters. The van der Waals surface area contributed by atoms with Gasteiger partial charge in [0, 0.05) is 24.6 Å². The van der Waals surface area contributed by atoms with Gasteiger partial charge in [-0.1, -0.05) is 39.0 Å². The first-order chi connectivity index (χ1) is 10.3. The number of hydrogen-bond acceptors (Lipinski definition) is 2. The molecule has 0 saturated heterocycles. The highest BCUT2D eigenvalue weighted by Gasteiger charge is 1.99. The van der Waals surface area contributed by atoms with Crippen LogP contribution in [0.3, 0.4) is 0 Å². The highest BCUT2D eigenvalue weighted by molar-refractivity contribution is 5.48. The van der Waals surface area contributed by atoms with Crippen LogP contribution in [0.4, 0.5) is 5.69 Å². The van der Waals surface area contributed by atoms with Crippen LogP contribution in [-0.4, -0.2) is 16.1 Å². The third kappa shape index (κ3) is 4.81. The zero-order valence-electron chi connectivity index (χ0n) is 12.8. The van der Waals surface area contributed by atoms with Crippen LogP contribution in [0.1, 0.15) is 45.4 Å². The topological polar surface area (TPSA) is 49.8 Å². The van der Waals surface area contributed by atoms with Crippen LogP contribution in [0.5, 0.6) is 0 Å². The Morgan fingerprint density at radius 1 is 1.05 bits per heavy atom. The Balaban J connectivity index is 1.73. The molecule has 0 amide bonds. The average Bonchev–Trinajstić information content (AvgIpc) is 2.93. The van der Waals surface area contributed by atoms with Gasteiger partial charge in [-0.2, -0.15) is 0 Å². The van der Waals surface area contributed by atoms with E-state index in [1.54, 1.807) is 17.0 Å². The summed E-state index contributed by atoms with van der Waals surface area (Å²) < 4.78 is 1.59. The fraction of sp³-hybridized carbons (Fsp3) is 0.471. The van der Waals surface area contributed by atoms with E-state index in [0.29, 0.717) is 0 Å². The maximum Gasteiger partial charge on any atom is 0.330 e. The van der Waals surface area contributed by atoms with E-state index in [1.807, 2.05) is 24.3 Å². The van der Waals surface area contributed by atoms with Gasteiger partial charge < -0.3 is 10.3 Å². The maximum absolute atomic E-state index is 11.5. The van der Waals surface area contributed by atoms with Crippen LogP contribution < -0.4 is 11.0 Å². The molecule has 0 fully saturated rings. The molecule has 0 bridgehead atoms. The third-order valence-electron chi connectivity index (χ3n) is 3.65. The number of imidazole rings is 1. The fourth-order valence-electron chi connectivity index (χ4n) is 2.40. The van der Waals surface area contributed by atoms with Crippen molar-refractivity contribution in [2.24, 2.45) is 0 Å². The van der Waals surface area contributed by atoms with E-state index in [1.165, 1.54) is 38.5 Å². The standard InChI is InChI=1S/C17H25N3O/c1-2-3-4-5-6-7-12-18-15-8-10-16(11-9-15)20-14-13-19-17(20)21/h8-11,13-14,18H,2-7,12H2,1H3,(H,19,21). The molecule has 2 rings (SSSR count). The van der Waals surface area contributed by atoms with Gasteiger partial charge in [0.1, 0.15) is 0 Å². The number of H-pyrrole nitrogens is 1. The summed E-state index contributed by atoms with van der Waals surface area (Å²) in [7, 11) is 0. The Morgan fingerprint density at radius 2 is 1.76 bits per heavy atom. The lowest BCUT2D eigenvalue weighted by Gasteiger charge is -2.07. The van der Waals surface area contributed by atoms with E-state index >= 15 is 0 Å². The first-order valence-corrected chi connectivity index (χ1v) is 7.91. The van der Waals surface area contributed by atoms with Gasteiger partial charge in [0.05, 0.1) is 5.69 Å². The number of rotatable bonds is 9. The molecule has 2 N–H and O–H groups in total. The van der Waals surface area contributed by atoms with Gasteiger partial charge >= 0.3 is 5.69 Å². The number of benzene rings is 1. The summed E-state index contributed by atoms with van der Waals surface area (Å²) in [6.45, 7) is 3.25. The molecule has 1 aromatic carbocycles. The minimum absolute atomic E-state index is 0.109. The highest BCUT2D eigenvalue weighted by atomic mass is 16.1. The molecule has 0 unspecified atom stereocenters. The molecule has 21 heavy (non-hydrogen) atoms. The van der Waals surface area contributed by atoms with Crippen molar-refractivity contribution in [1.29, 1.82) is 0 Å². The molecule has 4 heteroatoms. The Bertz CT molecular complexity index is 568. The summed E-state index contributed by atoms with van der Waals surface area (Å²) in [4.78, 5) is 14.2. The van der Waals surface area contributed by atoms with E-state index < -0.39 is 0 Å². The minimum Gasteiger partial charge on any atom is -0.385 e. The van der Waals surface area contributed by atoms with Crippen molar-refractivity contribution in [3.05, 3.63) is 47.1 Å². The predicted octanol–water partition coefficient (Wildman–Crippen LogP) is 3.94. The molecule has 0 aliphatic carbocycles. The summed E-state index contributed by atoms with van der Waals surface area (Å²) in [5.74, 6) is 0. The van der Waals surface area contributed by atoms with E-state index in [4.69, 9.17) is 0 Å². The minimum atomic E-state index is -0.109. The van der Waals surface area contributed by atoms with Gasteiger partial charge in [0.2, 0.25) is 0 Å². The van der Waals surface area contributed by atoms with E-state index in [0.717, 1.165) is 17.9 Å². The molecular formula is C17H25N3O. The molecule has 114 valence electrons. The Morgan fingerprint density at radius 3 is 2.43 bits per heavy atom. The van der Waals surface area contributed by atoms with Crippen LogP contribution in [0.25, 0.3) is 5.69 Å². The number of nitrogens with zero attached hydrogens (tertiary/aromatic N) is 1. The largest absolute Gasteiger partial charge is 0.385 e. The first-order valence-electron chi connectivity index (χ1n) is 7.91. The molecule has 1 aromatic heterocycles. The maximum atomic E-state index is 11.5. The second-order valence-corrected chi connectivity index (χ2v) is 5.38. The Kier molecular flexibility index (Phi) is 6.13. The van der Waals surface area contributed by atoms with Gasteiger partial charge in [-0.3, -0.25) is 4.57 Å². The predicted molar refractivity (Wildman–Crippen MR) is 88.3 cm³/mol. The zero-order chi connectivity index (χ0) is 14.9. The van der Waals surface area contributed by atoms with Crippen molar-refractivity contribution >= 4 is 5.69 Å². The normalized spacial score (nSPS) is 10.7. The summed E-state index contributed by atoms with van der Waals surface area (Å²) >= 11 is 0. The van der Waals surface area contributed by atoms with E-state index in [-0.39, 0.29) is 5.69 Å². The third-order valence-corrected chi connectivity index (χ3v) is 3.65.